The highest BCUT2D eigenvalue weighted by atomic mass is 19.1. The van der Waals surface area contributed by atoms with Crippen LogP contribution in [0.25, 0.3) is 38.6 Å². The van der Waals surface area contributed by atoms with Crippen molar-refractivity contribution in [3.05, 3.63) is 90.4 Å². The molecule has 0 radical (unpaired) electrons. The van der Waals surface area contributed by atoms with Gasteiger partial charge in [-0.2, -0.15) is 5.26 Å². The van der Waals surface area contributed by atoms with Crippen LogP contribution in [0.5, 0.6) is 0 Å². The molecule has 1 amide bonds. The van der Waals surface area contributed by atoms with E-state index in [1.807, 2.05) is 53.1 Å². The molecule has 0 aliphatic carbocycles. The van der Waals surface area contributed by atoms with Gasteiger partial charge in [0, 0.05) is 28.2 Å². The van der Waals surface area contributed by atoms with Gasteiger partial charge in [-0.25, -0.2) is 14.2 Å². The second kappa shape index (κ2) is 7.52. The molecule has 0 saturated carbocycles. The van der Waals surface area contributed by atoms with Gasteiger partial charge in [0.2, 0.25) is 0 Å². The summed E-state index contributed by atoms with van der Waals surface area (Å²) >= 11 is 0. The van der Waals surface area contributed by atoms with Crippen LogP contribution in [-0.2, 0) is 0 Å². The molecule has 2 aromatic heterocycles. The van der Waals surface area contributed by atoms with Crippen molar-refractivity contribution in [2.24, 2.45) is 0 Å². The van der Waals surface area contributed by atoms with Crippen LogP contribution in [0.4, 0.5) is 15.0 Å². The number of hydrogen-bond donors (Lipinski definition) is 2. The normalized spacial score (nSPS) is 10.9. The Labute approximate surface area is 181 Å². The Hall–Kier alpha value is -4.70. The fraction of sp³-hybridized carbons (Fsp3) is 0. The van der Waals surface area contributed by atoms with Crippen LogP contribution in [-0.4, -0.2) is 20.8 Å². The van der Waals surface area contributed by atoms with Crippen molar-refractivity contribution < 1.29 is 14.3 Å². The van der Waals surface area contributed by atoms with Crippen molar-refractivity contribution in [2.75, 3.05) is 5.32 Å². The first-order valence-electron chi connectivity index (χ1n) is 9.75. The summed E-state index contributed by atoms with van der Waals surface area (Å²) in [5, 5.41) is 22.1. The third-order valence-electron chi connectivity index (χ3n) is 5.34. The zero-order chi connectivity index (χ0) is 22.2. The number of fused-ring (bicyclic) bond motifs is 3. The van der Waals surface area contributed by atoms with Crippen LogP contribution in [0.2, 0.25) is 0 Å². The molecule has 0 aliphatic rings. The van der Waals surface area contributed by atoms with Gasteiger partial charge < -0.3 is 9.67 Å². The lowest BCUT2D eigenvalue weighted by Gasteiger charge is -2.09. The molecule has 0 spiro atoms. The van der Waals surface area contributed by atoms with Crippen molar-refractivity contribution in [1.82, 2.24) is 9.55 Å². The number of carbonyl (C=O) groups is 1. The van der Waals surface area contributed by atoms with Crippen LogP contribution < -0.4 is 5.32 Å². The summed E-state index contributed by atoms with van der Waals surface area (Å²) in [5.41, 5.74) is 4.12. The number of hydrogen-bond acceptors (Lipinski definition) is 3. The largest absolute Gasteiger partial charge is 0.465 e. The fourth-order valence-corrected chi connectivity index (χ4v) is 4.01. The third kappa shape index (κ3) is 3.11. The van der Waals surface area contributed by atoms with Gasteiger partial charge >= 0.3 is 6.09 Å². The summed E-state index contributed by atoms with van der Waals surface area (Å²) in [7, 11) is 0. The highest BCUT2D eigenvalue weighted by molar-refractivity contribution is 6.15. The lowest BCUT2D eigenvalue weighted by molar-refractivity contribution is 0.209. The predicted octanol–water partition coefficient (Wildman–Crippen LogP) is 5.95. The average molecular weight is 422 g/mol. The van der Waals surface area contributed by atoms with E-state index in [1.54, 1.807) is 24.4 Å². The van der Waals surface area contributed by atoms with E-state index in [2.05, 4.69) is 10.3 Å². The molecule has 5 aromatic rings. The Morgan fingerprint density at radius 1 is 1.03 bits per heavy atom. The number of halogens is 1. The minimum Gasteiger partial charge on any atom is -0.465 e. The predicted molar refractivity (Wildman–Crippen MR) is 120 cm³/mol. The number of rotatable bonds is 3. The maximum atomic E-state index is 14.4. The Balaban J connectivity index is 1.77. The number of carboxylic acid groups (broad SMARTS) is 1. The molecule has 0 fully saturated rings. The molecule has 32 heavy (non-hydrogen) atoms. The smallest absolute Gasteiger partial charge is 0.410 e. The summed E-state index contributed by atoms with van der Waals surface area (Å²) in [4.78, 5) is 15.0. The molecule has 154 valence electrons. The number of pyridine rings is 1. The van der Waals surface area contributed by atoms with Crippen molar-refractivity contribution in [3.8, 4) is 22.9 Å². The molecule has 5 rings (SSSR count). The number of nitrogens with one attached hydrogen (secondary N) is 1. The summed E-state index contributed by atoms with van der Waals surface area (Å²) in [6.45, 7) is 0. The molecule has 2 N–H and O–H groups in total. The highest BCUT2D eigenvalue weighted by Gasteiger charge is 2.17. The van der Waals surface area contributed by atoms with E-state index in [0.717, 1.165) is 32.9 Å². The number of nitrogens with zero attached hydrogens (tertiary/aromatic N) is 3. The molecule has 7 heteroatoms. The van der Waals surface area contributed by atoms with E-state index in [-0.39, 0.29) is 11.4 Å². The Bertz CT molecular complexity index is 1550. The van der Waals surface area contributed by atoms with E-state index < -0.39 is 11.9 Å². The zero-order valence-corrected chi connectivity index (χ0v) is 16.6. The summed E-state index contributed by atoms with van der Waals surface area (Å²) < 4.78 is 16.4. The summed E-state index contributed by atoms with van der Waals surface area (Å²) in [5.74, 6) is -0.332. The number of amides is 1. The van der Waals surface area contributed by atoms with Gasteiger partial charge in [-0.15, -0.1) is 0 Å². The number of aromatic nitrogens is 2. The molecule has 0 saturated heterocycles. The van der Waals surface area contributed by atoms with E-state index in [0.29, 0.717) is 5.69 Å². The summed E-state index contributed by atoms with van der Waals surface area (Å²) in [6, 6.07) is 23.5. The first-order valence-corrected chi connectivity index (χ1v) is 9.75. The maximum absolute atomic E-state index is 14.4. The second-order valence-electron chi connectivity index (χ2n) is 7.19. The first kappa shape index (κ1) is 19.3. The quantitative estimate of drug-likeness (QED) is 0.376. The van der Waals surface area contributed by atoms with E-state index in [9.17, 15) is 9.18 Å². The summed E-state index contributed by atoms with van der Waals surface area (Å²) in [6.07, 6.45) is 0.443. The lowest BCUT2D eigenvalue weighted by Crippen LogP contribution is -2.08. The average Bonchev–Trinajstić information content (AvgIpc) is 3.14. The van der Waals surface area contributed by atoms with Crippen molar-refractivity contribution in [3.63, 3.8) is 0 Å². The van der Waals surface area contributed by atoms with Crippen LogP contribution in [0.1, 0.15) is 5.56 Å². The number of para-hydroxylation sites is 1. The maximum Gasteiger partial charge on any atom is 0.410 e. The van der Waals surface area contributed by atoms with Gasteiger partial charge in [-0.05, 0) is 48.0 Å². The molecule has 0 aliphatic heterocycles. The zero-order valence-electron chi connectivity index (χ0n) is 16.6. The van der Waals surface area contributed by atoms with E-state index in [1.165, 1.54) is 12.1 Å². The number of anilines is 1. The number of benzene rings is 3. The molecule has 0 unspecified atom stereocenters. The van der Waals surface area contributed by atoms with Crippen LogP contribution >= 0.6 is 0 Å². The first-order chi connectivity index (χ1) is 15.6. The van der Waals surface area contributed by atoms with Gasteiger partial charge in [0.15, 0.2) is 0 Å². The van der Waals surface area contributed by atoms with Gasteiger partial charge in [-0.3, -0.25) is 5.32 Å². The van der Waals surface area contributed by atoms with E-state index in [4.69, 9.17) is 10.4 Å². The Morgan fingerprint density at radius 2 is 1.84 bits per heavy atom. The van der Waals surface area contributed by atoms with Crippen LogP contribution in [0.3, 0.4) is 0 Å². The van der Waals surface area contributed by atoms with Crippen molar-refractivity contribution in [2.45, 2.75) is 0 Å². The Morgan fingerprint density at radius 3 is 2.56 bits per heavy atom. The molecule has 0 bridgehead atoms. The Kier molecular flexibility index (Phi) is 4.53. The topological polar surface area (TPSA) is 90.9 Å². The molecule has 6 nitrogen and oxygen atoms in total. The monoisotopic (exact) mass is 422 g/mol. The minimum absolute atomic E-state index is 0.00339. The van der Waals surface area contributed by atoms with Crippen LogP contribution in [0, 0.1) is 17.1 Å². The lowest BCUT2D eigenvalue weighted by atomic mass is 10.0. The van der Waals surface area contributed by atoms with Crippen LogP contribution in [0.15, 0.2) is 79.0 Å². The number of nitriles is 1. The van der Waals surface area contributed by atoms with Crippen molar-refractivity contribution >= 4 is 33.7 Å². The molecular weight excluding hydrogens is 407 g/mol. The minimum atomic E-state index is -1.18. The second-order valence-corrected chi connectivity index (χ2v) is 7.19. The molecule has 2 heterocycles. The standard InChI is InChI=1S/C25H15FN4O2/c26-20-12-17(10-8-15(20)13-27)30-21-6-2-1-4-19(21)24-18(5-3-7-22(24)30)16-9-11-23(28-14-16)29-25(31)32/h1-12,14H,(H,28,29)(H,31,32). The fourth-order valence-electron chi connectivity index (χ4n) is 4.01. The van der Waals surface area contributed by atoms with Crippen molar-refractivity contribution in [1.29, 1.82) is 5.26 Å². The van der Waals surface area contributed by atoms with Gasteiger partial charge in [0.05, 0.1) is 16.6 Å². The van der Waals surface area contributed by atoms with Gasteiger partial charge in [-0.1, -0.05) is 30.3 Å². The van der Waals surface area contributed by atoms with E-state index >= 15 is 0 Å². The highest BCUT2D eigenvalue weighted by Crippen LogP contribution is 2.38. The third-order valence-corrected chi connectivity index (χ3v) is 5.34. The van der Waals surface area contributed by atoms with Gasteiger partial charge in [0.25, 0.3) is 0 Å². The molecule has 0 atom stereocenters. The molecule has 3 aromatic carbocycles. The molecular formula is C25H15FN4O2. The SMILES string of the molecule is N#Cc1ccc(-n2c3ccccc3c3c(-c4ccc(NC(=O)O)nc4)cccc32)cc1F. The van der Waals surface area contributed by atoms with Gasteiger partial charge in [0.1, 0.15) is 17.7 Å².